The molecular formula is C18H19NO. The molecule has 0 atom stereocenters. The summed E-state index contributed by atoms with van der Waals surface area (Å²) in [6, 6.07) is 14.3. The molecule has 0 aromatic heterocycles. The maximum atomic E-state index is 5.43. The standard InChI is InChI=1S/C18H19NO/c1-4-11-20-17-9-6-8-16(12-17)13-19-18-10-5-7-14(2)15(18)3/h1,5-10,12,19H,11,13H2,2-3H3. The first-order valence-electron chi connectivity index (χ1n) is 6.66. The molecule has 20 heavy (non-hydrogen) atoms. The maximum Gasteiger partial charge on any atom is 0.148 e. The number of nitrogens with one attached hydrogen (secondary N) is 1. The Labute approximate surface area is 120 Å². The fraction of sp³-hybridized carbons (Fsp3) is 0.222. The van der Waals surface area contributed by atoms with Gasteiger partial charge < -0.3 is 10.1 Å². The van der Waals surface area contributed by atoms with Crippen LogP contribution in [-0.2, 0) is 6.54 Å². The quantitative estimate of drug-likeness (QED) is 0.827. The second kappa shape index (κ2) is 6.68. The lowest BCUT2D eigenvalue weighted by molar-refractivity contribution is 0.370. The summed E-state index contributed by atoms with van der Waals surface area (Å²) in [7, 11) is 0. The van der Waals surface area contributed by atoms with Crippen molar-refractivity contribution in [1.29, 1.82) is 0 Å². The van der Waals surface area contributed by atoms with Gasteiger partial charge in [-0.1, -0.05) is 30.2 Å². The Morgan fingerprint density at radius 2 is 1.95 bits per heavy atom. The lowest BCUT2D eigenvalue weighted by Gasteiger charge is -2.12. The van der Waals surface area contributed by atoms with Crippen LogP contribution in [0.4, 0.5) is 5.69 Å². The van der Waals surface area contributed by atoms with Gasteiger partial charge in [0.25, 0.3) is 0 Å². The van der Waals surface area contributed by atoms with Crippen molar-refractivity contribution in [3.05, 3.63) is 59.2 Å². The SMILES string of the molecule is C#CCOc1cccc(CNc2cccc(C)c2C)c1. The Hall–Kier alpha value is -2.40. The molecule has 1 N–H and O–H groups in total. The molecule has 0 spiro atoms. The van der Waals surface area contributed by atoms with E-state index in [1.807, 2.05) is 18.2 Å². The first-order chi connectivity index (χ1) is 9.70. The predicted molar refractivity (Wildman–Crippen MR) is 84.0 cm³/mol. The highest BCUT2D eigenvalue weighted by Crippen LogP contribution is 2.20. The van der Waals surface area contributed by atoms with E-state index >= 15 is 0 Å². The van der Waals surface area contributed by atoms with Crippen molar-refractivity contribution in [2.24, 2.45) is 0 Å². The van der Waals surface area contributed by atoms with E-state index in [0.717, 1.165) is 12.3 Å². The molecule has 2 aromatic carbocycles. The average Bonchev–Trinajstić information content (AvgIpc) is 2.47. The Bertz CT molecular complexity index is 626. The minimum Gasteiger partial charge on any atom is -0.481 e. The summed E-state index contributed by atoms with van der Waals surface area (Å²) in [6.07, 6.45) is 5.19. The highest BCUT2D eigenvalue weighted by Gasteiger charge is 2.01. The summed E-state index contributed by atoms with van der Waals surface area (Å²) < 4.78 is 5.43. The fourth-order valence-electron chi connectivity index (χ4n) is 2.01. The second-order valence-electron chi connectivity index (χ2n) is 4.74. The van der Waals surface area contributed by atoms with Gasteiger partial charge in [0.1, 0.15) is 12.4 Å². The molecule has 0 unspecified atom stereocenters. The summed E-state index contributed by atoms with van der Waals surface area (Å²) in [5, 5.41) is 3.46. The van der Waals surface area contributed by atoms with Crippen LogP contribution in [0.25, 0.3) is 0 Å². The van der Waals surface area contributed by atoms with Gasteiger partial charge in [-0.25, -0.2) is 0 Å². The van der Waals surface area contributed by atoms with Gasteiger partial charge in [-0.05, 0) is 48.7 Å². The normalized spacial score (nSPS) is 9.85. The Morgan fingerprint density at radius 1 is 1.15 bits per heavy atom. The van der Waals surface area contributed by atoms with Crippen molar-refractivity contribution in [1.82, 2.24) is 0 Å². The van der Waals surface area contributed by atoms with Crippen LogP contribution in [0.3, 0.4) is 0 Å². The fourth-order valence-corrected chi connectivity index (χ4v) is 2.01. The third-order valence-corrected chi connectivity index (χ3v) is 3.31. The minimum atomic E-state index is 0.299. The number of benzene rings is 2. The molecule has 0 aliphatic carbocycles. The van der Waals surface area contributed by atoms with E-state index in [0.29, 0.717) is 6.61 Å². The van der Waals surface area contributed by atoms with E-state index < -0.39 is 0 Å². The lowest BCUT2D eigenvalue weighted by Crippen LogP contribution is -2.02. The highest BCUT2D eigenvalue weighted by atomic mass is 16.5. The maximum absolute atomic E-state index is 5.43. The third-order valence-electron chi connectivity index (χ3n) is 3.31. The van der Waals surface area contributed by atoms with Gasteiger partial charge in [0, 0.05) is 12.2 Å². The monoisotopic (exact) mass is 265 g/mol. The number of ether oxygens (including phenoxy) is 1. The zero-order chi connectivity index (χ0) is 14.4. The molecule has 0 saturated carbocycles. The number of aryl methyl sites for hydroxylation is 1. The molecule has 0 radical (unpaired) electrons. The minimum absolute atomic E-state index is 0.299. The van der Waals surface area contributed by atoms with Gasteiger partial charge in [0.15, 0.2) is 0 Å². The van der Waals surface area contributed by atoms with Crippen LogP contribution in [-0.4, -0.2) is 6.61 Å². The molecule has 0 amide bonds. The summed E-state index contributed by atoms with van der Waals surface area (Å²) in [5.74, 6) is 3.28. The van der Waals surface area contributed by atoms with Crippen LogP contribution in [0, 0.1) is 26.2 Å². The average molecular weight is 265 g/mol. The van der Waals surface area contributed by atoms with Gasteiger partial charge in [0.05, 0.1) is 0 Å². The van der Waals surface area contributed by atoms with Gasteiger partial charge in [0.2, 0.25) is 0 Å². The van der Waals surface area contributed by atoms with Gasteiger partial charge >= 0.3 is 0 Å². The number of anilines is 1. The zero-order valence-electron chi connectivity index (χ0n) is 11.9. The van der Waals surface area contributed by atoms with E-state index in [1.165, 1.54) is 22.4 Å². The lowest BCUT2D eigenvalue weighted by atomic mass is 10.1. The first kappa shape index (κ1) is 14.0. The van der Waals surface area contributed by atoms with E-state index in [1.54, 1.807) is 0 Å². The van der Waals surface area contributed by atoms with Crippen molar-refractivity contribution in [2.75, 3.05) is 11.9 Å². The first-order valence-corrected chi connectivity index (χ1v) is 6.66. The molecule has 2 heteroatoms. The molecule has 0 aliphatic rings. The molecule has 2 aromatic rings. The van der Waals surface area contributed by atoms with Crippen LogP contribution in [0.2, 0.25) is 0 Å². The van der Waals surface area contributed by atoms with E-state index in [2.05, 4.69) is 49.4 Å². The number of terminal acetylenes is 1. The molecule has 2 nitrogen and oxygen atoms in total. The van der Waals surface area contributed by atoms with Gasteiger partial charge in [-0.15, -0.1) is 6.42 Å². The van der Waals surface area contributed by atoms with E-state index in [9.17, 15) is 0 Å². The van der Waals surface area contributed by atoms with Crippen molar-refractivity contribution in [2.45, 2.75) is 20.4 Å². The highest BCUT2D eigenvalue weighted by molar-refractivity contribution is 5.54. The molecular weight excluding hydrogens is 246 g/mol. The third kappa shape index (κ3) is 3.55. The molecule has 0 fully saturated rings. The van der Waals surface area contributed by atoms with E-state index in [4.69, 9.17) is 11.2 Å². The molecule has 0 bridgehead atoms. The Morgan fingerprint density at radius 3 is 2.75 bits per heavy atom. The molecule has 0 aliphatic heterocycles. The molecule has 0 heterocycles. The van der Waals surface area contributed by atoms with Crippen LogP contribution in [0.1, 0.15) is 16.7 Å². The largest absolute Gasteiger partial charge is 0.481 e. The van der Waals surface area contributed by atoms with Gasteiger partial charge in [-0.2, -0.15) is 0 Å². The van der Waals surface area contributed by atoms with Crippen molar-refractivity contribution in [3.8, 4) is 18.1 Å². The second-order valence-corrected chi connectivity index (χ2v) is 4.74. The summed E-state index contributed by atoms with van der Waals surface area (Å²) in [4.78, 5) is 0. The van der Waals surface area contributed by atoms with Crippen molar-refractivity contribution >= 4 is 5.69 Å². The number of hydrogen-bond acceptors (Lipinski definition) is 2. The van der Waals surface area contributed by atoms with Crippen LogP contribution >= 0.6 is 0 Å². The molecule has 0 saturated heterocycles. The summed E-state index contributed by atoms with van der Waals surface area (Å²) in [6.45, 7) is 5.31. The molecule has 2 rings (SSSR count). The molecule has 102 valence electrons. The topological polar surface area (TPSA) is 21.3 Å². The van der Waals surface area contributed by atoms with Crippen LogP contribution in [0.15, 0.2) is 42.5 Å². The predicted octanol–water partition coefficient (Wildman–Crippen LogP) is 3.93. The number of hydrogen-bond donors (Lipinski definition) is 1. The zero-order valence-corrected chi connectivity index (χ0v) is 11.9. The summed E-state index contributed by atoms with van der Waals surface area (Å²) >= 11 is 0. The van der Waals surface area contributed by atoms with Crippen molar-refractivity contribution < 1.29 is 4.74 Å². The number of rotatable bonds is 5. The van der Waals surface area contributed by atoms with Crippen LogP contribution < -0.4 is 10.1 Å². The van der Waals surface area contributed by atoms with Gasteiger partial charge in [-0.3, -0.25) is 0 Å². The van der Waals surface area contributed by atoms with E-state index in [-0.39, 0.29) is 0 Å². The smallest absolute Gasteiger partial charge is 0.148 e. The van der Waals surface area contributed by atoms with Crippen LogP contribution in [0.5, 0.6) is 5.75 Å². The Kier molecular flexibility index (Phi) is 4.68. The summed E-state index contributed by atoms with van der Waals surface area (Å²) in [5.41, 5.74) is 4.91. The van der Waals surface area contributed by atoms with Crippen molar-refractivity contribution in [3.63, 3.8) is 0 Å². The Balaban J connectivity index is 2.04.